The molecule has 1 atom stereocenters. The molecule has 0 saturated carbocycles. The van der Waals surface area contributed by atoms with Gasteiger partial charge in [-0.1, -0.05) is 12.1 Å². The van der Waals surface area contributed by atoms with Crippen molar-refractivity contribution in [1.82, 2.24) is 9.97 Å². The molecule has 1 N–H and O–H groups in total. The molecule has 0 aliphatic heterocycles. The SMILES string of the molecule is COc1cc(CC(O)c2cccc(OC(C)C)c2)ncn1. The van der Waals surface area contributed by atoms with Crippen LogP contribution >= 0.6 is 0 Å². The van der Waals surface area contributed by atoms with E-state index in [-0.39, 0.29) is 6.10 Å². The van der Waals surface area contributed by atoms with Gasteiger partial charge < -0.3 is 14.6 Å². The number of rotatable bonds is 6. The summed E-state index contributed by atoms with van der Waals surface area (Å²) >= 11 is 0. The summed E-state index contributed by atoms with van der Waals surface area (Å²) < 4.78 is 10.7. The second kappa shape index (κ2) is 7.04. The van der Waals surface area contributed by atoms with E-state index in [0.717, 1.165) is 17.0 Å². The van der Waals surface area contributed by atoms with Gasteiger partial charge >= 0.3 is 0 Å². The van der Waals surface area contributed by atoms with E-state index in [9.17, 15) is 5.11 Å². The van der Waals surface area contributed by atoms with Gasteiger partial charge in [0.05, 0.1) is 25.0 Å². The van der Waals surface area contributed by atoms with Crippen LogP contribution in [0.2, 0.25) is 0 Å². The maximum Gasteiger partial charge on any atom is 0.216 e. The maximum atomic E-state index is 10.3. The van der Waals surface area contributed by atoms with Gasteiger partial charge in [0, 0.05) is 12.5 Å². The molecule has 21 heavy (non-hydrogen) atoms. The molecule has 1 aromatic carbocycles. The largest absolute Gasteiger partial charge is 0.491 e. The van der Waals surface area contributed by atoms with Crippen molar-refractivity contribution in [2.24, 2.45) is 0 Å². The number of aliphatic hydroxyl groups excluding tert-OH is 1. The molecule has 0 aliphatic carbocycles. The van der Waals surface area contributed by atoms with Crippen LogP contribution < -0.4 is 9.47 Å². The normalized spacial score (nSPS) is 12.2. The quantitative estimate of drug-likeness (QED) is 0.885. The second-order valence-corrected chi connectivity index (χ2v) is 5.01. The molecule has 2 rings (SSSR count). The summed E-state index contributed by atoms with van der Waals surface area (Å²) in [4.78, 5) is 8.09. The third-order valence-electron chi connectivity index (χ3n) is 2.92. The first-order valence-electron chi connectivity index (χ1n) is 6.88. The minimum absolute atomic E-state index is 0.100. The maximum absolute atomic E-state index is 10.3. The van der Waals surface area contributed by atoms with Crippen LogP contribution in [-0.4, -0.2) is 28.3 Å². The molecule has 1 heterocycles. The predicted molar refractivity (Wildman–Crippen MR) is 79.5 cm³/mol. The van der Waals surface area contributed by atoms with Crippen molar-refractivity contribution in [3.05, 3.63) is 47.9 Å². The molecule has 112 valence electrons. The Morgan fingerprint density at radius 2 is 2.00 bits per heavy atom. The summed E-state index contributed by atoms with van der Waals surface area (Å²) in [5.74, 6) is 1.24. The molecular weight excluding hydrogens is 268 g/mol. The van der Waals surface area contributed by atoms with Crippen LogP contribution in [0.15, 0.2) is 36.7 Å². The molecule has 0 radical (unpaired) electrons. The summed E-state index contributed by atoms with van der Waals surface area (Å²) in [5, 5.41) is 10.3. The van der Waals surface area contributed by atoms with Crippen molar-refractivity contribution in [2.75, 3.05) is 7.11 Å². The number of hydrogen-bond donors (Lipinski definition) is 1. The average molecular weight is 288 g/mol. The molecular formula is C16H20N2O3. The summed E-state index contributed by atoms with van der Waals surface area (Å²) in [6.45, 7) is 3.94. The highest BCUT2D eigenvalue weighted by Crippen LogP contribution is 2.23. The van der Waals surface area contributed by atoms with Crippen molar-refractivity contribution in [1.29, 1.82) is 0 Å². The number of hydrogen-bond acceptors (Lipinski definition) is 5. The van der Waals surface area contributed by atoms with E-state index in [1.54, 1.807) is 13.2 Å². The third kappa shape index (κ3) is 4.43. The number of aromatic nitrogens is 2. The van der Waals surface area contributed by atoms with E-state index < -0.39 is 6.10 Å². The Morgan fingerprint density at radius 1 is 1.19 bits per heavy atom. The van der Waals surface area contributed by atoms with Crippen LogP contribution in [0.3, 0.4) is 0 Å². The van der Waals surface area contributed by atoms with Gasteiger partial charge in [-0.3, -0.25) is 0 Å². The standard InChI is InChI=1S/C16H20N2O3/c1-11(2)21-14-6-4-5-12(7-14)15(19)8-13-9-16(20-3)18-10-17-13/h4-7,9-11,15,19H,8H2,1-3H3. The summed E-state index contributed by atoms with van der Waals surface area (Å²) in [6, 6.07) is 9.19. The Morgan fingerprint density at radius 3 is 2.71 bits per heavy atom. The summed E-state index contributed by atoms with van der Waals surface area (Å²) in [6.07, 6.45) is 1.27. The average Bonchev–Trinajstić information content (AvgIpc) is 2.47. The van der Waals surface area contributed by atoms with Gasteiger partial charge in [0.1, 0.15) is 12.1 Å². The predicted octanol–water partition coefficient (Wildman–Crippen LogP) is 2.55. The summed E-state index contributed by atoms with van der Waals surface area (Å²) in [7, 11) is 1.55. The third-order valence-corrected chi connectivity index (χ3v) is 2.92. The lowest BCUT2D eigenvalue weighted by Gasteiger charge is -2.14. The molecule has 0 saturated heterocycles. The van der Waals surface area contributed by atoms with Gasteiger partial charge in [0.2, 0.25) is 5.88 Å². The lowest BCUT2D eigenvalue weighted by atomic mass is 10.0. The monoisotopic (exact) mass is 288 g/mol. The van der Waals surface area contributed by atoms with E-state index >= 15 is 0 Å². The molecule has 0 fully saturated rings. The van der Waals surface area contributed by atoms with E-state index in [1.807, 2.05) is 38.1 Å². The van der Waals surface area contributed by atoms with E-state index in [1.165, 1.54) is 6.33 Å². The summed E-state index contributed by atoms with van der Waals surface area (Å²) in [5.41, 5.74) is 1.52. The second-order valence-electron chi connectivity index (χ2n) is 5.01. The Labute approximate surface area is 124 Å². The van der Waals surface area contributed by atoms with E-state index in [0.29, 0.717) is 12.3 Å². The molecule has 0 aliphatic rings. The van der Waals surface area contributed by atoms with Crippen LogP contribution in [0.1, 0.15) is 31.2 Å². The number of aliphatic hydroxyl groups is 1. The molecule has 0 amide bonds. The first-order chi connectivity index (χ1) is 10.1. The highest BCUT2D eigenvalue weighted by atomic mass is 16.5. The van der Waals surface area contributed by atoms with Crippen molar-refractivity contribution in [3.8, 4) is 11.6 Å². The highest BCUT2D eigenvalue weighted by molar-refractivity contribution is 5.31. The zero-order valence-electron chi connectivity index (χ0n) is 12.5. The van der Waals surface area contributed by atoms with E-state index in [2.05, 4.69) is 9.97 Å². The van der Waals surface area contributed by atoms with Crippen molar-refractivity contribution in [2.45, 2.75) is 32.5 Å². The number of nitrogens with zero attached hydrogens (tertiary/aromatic N) is 2. The van der Waals surface area contributed by atoms with Crippen molar-refractivity contribution >= 4 is 0 Å². The fourth-order valence-electron chi connectivity index (χ4n) is 1.98. The number of ether oxygens (including phenoxy) is 2. The molecule has 2 aromatic rings. The van der Waals surface area contributed by atoms with Gasteiger partial charge in [-0.15, -0.1) is 0 Å². The zero-order valence-corrected chi connectivity index (χ0v) is 12.5. The van der Waals surface area contributed by atoms with Gasteiger partial charge in [-0.05, 0) is 31.5 Å². The van der Waals surface area contributed by atoms with Crippen LogP contribution in [0.5, 0.6) is 11.6 Å². The van der Waals surface area contributed by atoms with E-state index in [4.69, 9.17) is 9.47 Å². The lowest BCUT2D eigenvalue weighted by molar-refractivity contribution is 0.175. The van der Waals surface area contributed by atoms with Crippen LogP contribution in [0, 0.1) is 0 Å². The van der Waals surface area contributed by atoms with Gasteiger partial charge in [-0.25, -0.2) is 9.97 Å². The van der Waals surface area contributed by atoms with Gasteiger partial charge in [0.15, 0.2) is 0 Å². The first kappa shape index (κ1) is 15.3. The fourth-order valence-corrected chi connectivity index (χ4v) is 1.98. The smallest absolute Gasteiger partial charge is 0.216 e. The Balaban J connectivity index is 2.10. The molecule has 5 nitrogen and oxygen atoms in total. The minimum atomic E-state index is -0.652. The number of methoxy groups -OCH3 is 1. The lowest BCUT2D eigenvalue weighted by Crippen LogP contribution is -2.07. The molecule has 1 aromatic heterocycles. The van der Waals surface area contributed by atoms with Gasteiger partial charge in [0.25, 0.3) is 0 Å². The topological polar surface area (TPSA) is 64.5 Å². The van der Waals surface area contributed by atoms with Crippen molar-refractivity contribution < 1.29 is 14.6 Å². The Kier molecular flexibility index (Phi) is 5.11. The molecule has 0 spiro atoms. The number of benzene rings is 1. The van der Waals surface area contributed by atoms with Gasteiger partial charge in [-0.2, -0.15) is 0 Å². The Bertz CT molecular complexity index is 587. The molecule has 5 heteroatoms. The van der Waals surface area contributed by atoms with Crippen molar-refractivity contribution in [3.63, 3.8) is 0 Å². The van der Waals surface area contributed by atoms with Crippen LogP contribution in [0.4, 0.5) is 0 Å². The first-order valence-corrected chi connectivity index (χ1v) is 6.88. The fraction of sp³-hybridized carbons (Fsp3) is 0.375. The van der Waals surface area contributed by atoms with Crippen LogP contribution in [0.25, 0.3) is 0 Å². The van der Waals surface area contributed by atoms with Crippen LogP contribution in [-0.2, 0) is 6.42 Å². The minimum Gasteiger partial charge on any atom is -0.491 e. The Hall–Kier alpha value is -2.14. The zero-order chi connectivity index (χ0) is 15.2. The molecule has 0 bridgehead atoms. The highest BCUT2D eigenvalue weighted by Gasteiger charge is 2.12. The molecule has 1 unspecified atom stereocenters.